The molecule has 0 aliphatic rings. The quantitative estimate of drug-likeness (QED) is 0.588. The van der Waals surface area contributed by atoms with Crippen LogP contribution in [0, 0.1) is 0 Å². The van der Waals surface area contributed by atoms with Crippen LogP contribution in [-0.4, -0.2) is 11.7 Å². The van der Waals surface area contributed by atoms with Gasteiger partial charge in [-0.3, -0.25) is 4.52 Å². The maximum atomic E-state index is 11.8. The fourth-order valence-electron chi connectivity index (χ4n) is 0.948. The van der Waals surface area contributed by atoms with Gasteiger partial charge in [0.1, 0.15) is 6.61 Å². The van der Waals surface area contributed by atoms with Crippen LogP contribution >= 0.6 is 8.17 Å². The van der Waals surface area contributed by atoms with E-state index in [1.807, 2.05) is 6.92 Å². The molecule has 0 fully saturated rings. The number of hydrogen-bond donors (Lipinski definition) is 2. The Hall–Kier alpha value is -0.910. The van der Waals surface area contributed by atoms with Gasteiger partial charge in [-0.25, -0.2) is 0 Å². The first-order valence-corrected chi connectivity index (χ1v) is 6.23. The molecule has 6 nitrogen and oxygen atoms in total. The fraction of sp³-hybridized carbons (Fsp3) is 0.333. The number of hydrogen-bond acceptors (Lipinski definition) is 4. The van der Waals surface area contributed by atoms with E-state index >= 15 is 0 Å². The van der Waals surface area contributed by atoms with Crippen LogP contribution in [0.1, 0.15) is 13.3 Å². The van der Waals surface area contributed by atoms with Crippen molar-refractivity contribution in [1.82, 2.24) is 0 Å². The highest BCUT2D eigenvalue weighted by Gasteiger charge is 2.53. The second-order valence-electron chi connectivity index (χ2n) is 2.97. The summed E-state index contributed by atoms with van der Waals surface area (Å²) in [5, 5.41) is 9.42. The van der Waals surface area contributed by atoms with Gasteiger partial charge >= 0.3 is 8.17 Å². The molecule has 1 aromatic rings. The van der Waals surface area contributed by atoms with Crippen molar-refractivity contribution in [2.24, 2.45) is 0 Å². The van der Waals surface area contributed by atoms with Gasteiger partial charge < -0.3 is 5.11 Å². The lowest BCUT2D eigenvalue weighted by atomic mass is 10.3. The van der Waals surface area contributed by atoms with E-state index in [0.29, 0.717) is 6.42 Å². The van der Waals surface area contributed by atoms with Crippen molar-refractivity contribution in [3.63, 3.8) is 0 Å². The van der Waals surface area contributed by atoms with Gasteiger partial charge in [0, 0.05) is 0 Å². The molecular formula is C9H15NO5P+2. The van der Waals surface area contributed by atoms with E-state index in [-0.39, 0.29) is 18.1 Å². The summed E-state index contributed by atoms with van der Waals surface area (Å²) in [4.78, 5) is 11.8. The number of phenols is 1. The Labute approximate surface area is 94.2 Å². The zero-order valence-electron chi connectivity index (χ0n) is 8.96. The maximum absolute atomic E-state index is 11.8. The second-order valence-corrected chi connectivity index (χ2v) is 4.56. The maximum Gasteiger partial charge on any atom is 0.709 e. The van der Waals surface area contributed by atoms with Gasteiger partial charge in [-0.15, -0.1) is 4.52 Å². The smallest absolute Gasteiger partial charge is 0.504 e. The van der Waals surface area contributed by atoms with Gasteiger partial charge in [0.15, 0.2) is 5.75 Å². The molecule has 0 saturated carbocycles. The lowest BCUT2D eigenvalue weighted by Crippen LogP contribution is -2.49. The Morgan fingerprint density at radius 1 is 1.44 bits per heavy atom. The molecule has 0 amide bonds. The van der Waals surface area contributed by atoms with Crippen molar-refractivity contribution in [3.8, 4) is 11.5 Å². The zero-order chi connectivity index (χ0) is 12.0. The lowest BCUT2D eigenvalue weighted by Gasteiger charge is -2.08. The average Bonchev–Trinajstić information content (AvgIpc) is 2.30. The molecule has 0 heterocycles. The van der Waals surface area contributed by atoms with Crippen molar-refractivity contribution < 1.29 is 29.6 Å². The van der Waals surface area contributed by atoms with Crippen molar-refractivity contribution in [2.45, 2.75) is 13.3 Å². The summed E-state index contributed by atoms with van der Waals surface area (Å²) in [5.41, 5.74) is 0. The standard InChI is InChI=1S/C9H14NO5P/c1-2-7-13-16(12,15-10)14-9-6-4-3-5-8(9)11/h3-6H,2,7H2,1,10H3/q+1/p+1. The SMILES string of the molecule is CCCO[P+]([O])(O[NH3+])Oc1ccccc1O. The van der Waals surface area contributed by atoms with Crippen LogP contribution in [-0.2, 0) is 14.0 Å². The number of benzene rings is 1. The molecule has 0 bridgehead atoms. The Morgan fingerprint density at radius 2 is 2.12 bits per heavy atom. The predicted octanol–water partition coefficient (Wildman–Crippen LogP) is 1.48. The summed E-state index contributed by atoms with van der Waals surface area (Å²) < 4.78 is 14.4. The molecule has 0 aliphatic heterocycles. The minimum atomic E-state index is -3.74. The largest absolute Gasteiger partial charge is 0.709 e. The molecule has 16 heavy (non-hydrogen) atoms. The molecule has 89 valence electrons. The molecule has 4 N–H and O–H groups in total. The molecular weight excluding hydrogens is 233 g/mol. The number of aromatic hydroxyl groups is 1. The molecule has 1 aromatic carbocycles. The van der Waals surface area contributed by atoms with Crippen LogP contribution in [0.15, 0.2) is 24.3 Å². The van der Waals surface area contributed by atoms with Gasteiger partial charge in [0.05, 0.1) is 9.52 Å². The van der Waals surface area contributed by atoms with Crippen LogP contribution in [0.25, 0.3) is 0 Å². The summed E-state index contributed by atoms with van der Waals surface area (Å²) in [6.45, 7) is 2.08. The molecule has 0 aromatic heterocycles. The Morgan fingerprint density at radius 3 is 2.69 bits per heavy atom. The Balaban J connectivity index is 2.72. The van der Waals surface area contributed by atoms with Gasteiger partial charge in [-0.2, -0.15) is 5.90 Å². The fourth-order valence-corrected chi connectivity index (χ4v) is 1.93. The molecule has 7 heteroatoms. The summed E-state index contributed by atoms with van der Waals surface area (Å²) in [6, 6.07) is 6.10. The lowest BCUT2D eigenvalue weighted by molar-refractivity contribution is -0.646. The van der Waals surface area contributed by atoms with Crippen molar-refractivity contribution in [2.75, 3.05) is 6.61 Å². The first-order valence-electron chi connectivity index (χ1n) is 4.77. The molecule has 1 unspecified atom stereocenters. The van der Waals surface area contributed by atoms with Crippen LogP contribution in [0.3, 0.4) is 0 Å². The highest BCUT2D eigenvalue weighted by Crippen LogP contribution is 2.57. The van der Waals surface area contributed by atoms with Gasteiger partial charge in [0.2, 0.25) is 5.75 Å². The van der Waals surface area contributed by atoms with E-state index in [1.165, 1.54) is 12.1 Å². The molecule has 0 aliphatic carbocycles. The zero-order valence-corrected chi connectivity index (χ0v) is 9.85. The van der Waals surface area contributed by atoms with E-state index in [1.54, 1.807) is 12.1 Å². The number of para-hydroxylation sites is 2. The molecule has 1 atom stereocenters. The third kappa shape index (κ3) is 3.59. The normalized spacial score (nSPS) is 14.4. The third-order valence-electron chi connectivity index (χ3n) is 1.69. The topological polar surface area (TPSA) is 95.5 Å². The van der Waals surface area contributed by atoms with E-state index in [2.05, 4.69) is 10.5 Å². The van der Waals surface area contributed by atoms with Crippen molar-refractivity contribution in [1.29, 1.82) is 0 Å². The number of phenolic OH excluding ortho intramolecular Hbond substituents is 1. The third-order valence-corrected chi connectivity index (χ3v) is 2.92. The summed E-state index contributed by atoms with van der Waals surface area (Å²) >= 11 is 0. The highest BCUT2D eigenvalue weighted by atomic mass is 31.2. The predicted molar refractivity (Wildman–Crippen MR) is 56.6 cm³/mol. The first kappa shape index (κ1) is 13.2. The van der Waals surface area contributed by atoms with E-state index in [0.717, 1.165) is 0 Å². The highest BCUT2D eigenvalue weighted by molar-refractivity contribution is 7.55. The minimum Gasteiger partial charge on any atom is -0.504 e. The summed E-state index contributed by atoms with van der Waals surface area (Å²) in [7, 11) is -3.74. The minimum absolute atomic E-state index is 0.0330. The van der Waals surface area contributed by atoms with E-state index in [9.17, 15) is 10.00 Å². The van der Waals surface area contributed by atoms with Crippen molar-refractivity contribution in [3.05, 3.63) is 24.3 Å². The molecule has 0 saturated heterocycles. The van der Waals surface area contributed by atoms with Crippen LogP contribution in [0.5, 0.6) is 11.5 Å². The number of quaternary nitrogens is 1. The van der Waals surface area contributed by atoms with Crippen LogP contribution in [0.4, 0.5) is 0 Å². The summed E-state index contributed by atoms with van der Waals surface area (Å²) in [5.74, 6) is 2.94. The monoisotopic (exact) mass is 248 g/mol. The average molecular weight is 248 g/mol. The first-order chi connectivity index (χ1) is 7.61. The Kier molecular flexibility index (Phi) is 4.92. The van der Waals surface area contributed by atoms with Crippen molar-refractivity contribution >= 4 is 8.17 Å². The van der Waals surface area contributed by atoms with Gasteiger partial charge in [-0.1, -0.05) is 19.1 Å². The van der Waals surface area contributed by atoms with Gasteiger partial charge in [0.25, 0.3) is 0 Å². The molecule has 1 rings (SSSR count). The van der Waals surface area contributed by atoms with E-state index in [4.69, 9.17) is 9.05 Å². The van der Waals surface area contributed by atoms with E-state index < -0.39 is 8.17 Å². The Bertz CT molecular complexity index is 337. The van der Waals surface area contributed by atoms with Gasteiger partial charge in [-0.05, 0) is 18.6 Å². The van der Waals surface area contributed by atoms with Crippen LogP contribution < -0.4 is 10.4 Å². The van der Waals surface area contributed by atoms with Crippen LogP contribution in [0.2, 0.25) is 0 Å². The molecule has 0 spiro atoms. The molecule has 1 radical (unpaired) electrons. The number of rotatable bonds is 6. The summed E-state index contributed by atoms with van der Waals surface area (Å²) in [6.07, 6.45) is 0.664. The second kappa shape index (κ2) is 5.98.